The first-order chi connectivity index (χ1) is 10.9. The second-order valence-corrected chi connectivity index (χ2v) is 4.30. The van der Waals surface area contributed by atoms with Gasteiger partial charge < -0.3 is 9.47 Å². The molecule has 0 aliphatic rings. The molecule has 0 fully saturated rings. The van der Waals surface area contributed by atoms with Crippen LogP contribution in [0.15, 0.2) is 0 Å². The van der Waals surface area contributed by atoms with Crippen molar-refractivity contribution < 1.29 is 67.3 Å². The van der Waals surface area contributed by atoms with Crippen LogP contribution in [-0.4, -0.2) is 49.6 Å². The highest BCUT2D eigenvalue weighted by atomic mass is 19.4. The fourth-order valence-electron chi connectivity index (χ4n) is 0.980. The van der Waals surface area contributed by atoms with E-state index in [0.717, 1.165) is 0 Å². The molecule has 0 spiro atoms. The lowest BCUT2D eigenvalue weighted by atomic mass is 10.2. The summed E-state index contributed by atoms with van der Waals surface area (Å²) in [6.45, 7) is -1.86. The van der Waals surface area contributed by atoms with Crippen molar-refractivity contribution >= 4 is 6.16 Å². The zero-order chi connectivity index (χ0) is 20.3. The van der Waals surface area contributed by atoms with E-state index in [4.69, 9.17) is 0 Å². The van der Waals surface area contributed by atoms with Crippen molar-refractivity contribution in [3.05, 3.63) is 0 Å². The molecule has 0 aromatic carbocycles. The van der Waals surface area contributed by atoms with Gasteiger partial charge in [-0.05, 0) is 6.42 Å². The monoisotopic (exact) mass is 402 g/mol. The Morgan fingerprint density at radius 2 is 1.28 bits per heavy atom. The van der Waals surface area contributed by atoms with Crippen molar-refractivity contribution in [3.8, 4) is 0 Å². The van der Waals surface area contributed by atoms with Crippen molar-refractivity contribution in [2.24, 2.45) is 0 Å². The van der Waals surface area contributed by atoms with Gasteiger partial charge in [-0.25, -0.2) is 4.79 Å². The number of carbonyl (C=O) groups excluding carboxylic acids is 1. The molecule has 0 heterocycles. The quantitative estimate of drug-likeness (QED) is 0.462. The molecule has 25 heavy (non-hydrogen) atoms. The first-order valence-corrected chi connectivity index (χ1v) is 5.99. The molecule has 0 radical (unpaired) electrons. The average molecular weight is 402 g/mol. The van der Waals surface area contributed by atoms with Crippen LogP contribution in [0.3, 0.4) is 0 Å². The fourth-order valence-corrected chi connectivity index (χ4v) is 0.980. The Kier molecular flexibility index (Phi) is 6.92. The Balaban J connectivity index is 5.45. The van der Waals surface area contributed by atoms with Gasteiger partial charge in [-0.2, -0.15) is 48.3 Å². The Bertz CT molecular complexity index is 459. The Labute approximate surface area is 131 Å². The van der Waals surface area contributed by atoms with Gasteiger partial charge in [0.2, 0.25) is 0 Å². The van der Waals surface area contributed by atoms with Gasteiger partial charge in [0, 0.05) is 0 Å². The van der Waals surface area contributed by atoms with Crippen LogP contribution in [0.4, 0.5) is 53.1 Å². The number of rotatable bonds is 7. The predicted molar refractivity (Wildman–Crippen MR) is 54.5 cm³/mol. The maximum absolute atomic E-state index is 13.5. The van der Waals surface area contributed by atoms with Gasteiger partial charge in [-0.15, -0.1) is 0 Å². The van der Waals surface area contributed by atoms with Crippen LogP contribution in [0.1, 0.15) is 13.3 Å². The standard InChI is InChI=1S/C10H9F11O4/c1-2-3-23-5(22)24-4-6(11,8(14,15)16)25-10(20,21)7(12,13)9(17,18)19/h2-4H2,1H3. The normalized spacial score (nSPS) is 16.3. The van der Waals surface area contributed by atoms with Crippen LogP contribution in [0.5, 0.6) is 0 Å². The topological polar surface area (TPSA) is 44.8 Å². The zero-order valence-corrected chi connectivity index (χ0v) is 11.9. The van der Waals surface area contributed by atoms with E-state index in [1.165, 1.54) is 6.92 Å². The van der Waals surface area contributed by atoms with E-state index in [1.54, 1.807) is 0 Å². The molecular weight excluding hydrogens is 393 g/mol. The molecule has 0 N–H and O–H groups in total. The molecule has 0 bridgehead atoms. The fraction of sp³-hybridized carbons (Fsp3) is 0.900. The summed E-state index contributed by atoms with van der Waals surface area (Å²) in [5.41, 5.74) is 0. The van der Waals surface area contributed by atoms with Gasteiger partial charge in [0.15, 0.2) is 6.61 Å². The van der Waals surface area contributed by atoms with Crippen LogP contribution in [0.2, 0.25) is 0 Å². The van der Waals surface area contributed by atoms with Crippen molar-refractivity contribution in [1.82, 2.24) is 0 Å². The molecule has 0 amide bonds. The second kappa shape index (κ2) is 7.37. The number of halogens is 11. The van der Waals surface area contributed by atoms with Crippen molar-refractivity contribution in [2.45, 2.75) is 43.6 Å². The van der Waals surface area contributed by atoms with E-state index in [-0.39, 0.29) is 6.42 Å². The summed E-state index contributed by atoms with van der Waals surface area (Å²) < 4.78 is 147. The lowest BCUT2D eigenvalue weighted by molar-refractivity contribution is -0.485. The summed E-state index contributed by atoms with van der Waals surface area (Å²) in [7, 11) is 0. The molecular formula is C10H9F11O4. The minimum Gasteiger partial charge on any atom is -0.434 e. The molecule has 0 rings (SSSR count). The molecule has 150 valence electrons. The lowest BCUT2D eigenvalue weighted by Gasteiger charge is -2.34. The van der Waals surface area contributed by atoms with E-state index < -0.39 is 49.6 Å². The van der Waals surface area contributed by atoms with Gasteiger partial charge in [-0.1, -0.05) is 6.92 Å². The van der Waals surface area contributed by atoms with Gasteiger partial charge in [0.05, 0.1) is 6.61 Å². The predicted octanol–water partition coefficient (Wildman–Crippen LogP) is 4.58. The Morgan fingerprint density at radius 1 is 0.800 bits per heavy atom. The van der Waals surface area contributed by atoms with E-state index in [2.05, 4.69) is 14.2 Å². The van der Waals surface area contributed by atoms with Gasteiger partial charge in [-0.3, -0.25) is 4.74 Å². The highest BCUT2D eigenvalue weighted by molar-refractivity contribution is 5.59. The van der Waals surface area contributed by atoms with Crippen molar-refractivity contribution in [1.29, 1.82) is 0 Å². The summed E-state index contributed by atoms with van der Waals surface area (Å²) in [6.07, 6.45) is -22.5. The van der Waals surface area contributed by atoms with Gasteiger partial charge in [0.1, 0.15) is 0 Å². The van der Waals surface area contributed by atoms with E-state index in [9.17, 15) is 53.1 Å². The molecule has 0 aliphatic carbocycles. The minimum absolute atomic E-state index is 0.113. The minimum atomic E-state index is -7.18. The number of carbonyl (C=O) groups is 1. The summed E-state index contributed by atoms with van der Waals surface area (Å²) in [5, 5.41) is 0. The largest absolute Gasteiger partial charge is 0.508 e. The third-order valence-corrected chi connectivity index (χ3v) is 2.23. The summed E-state index contributed by atoms with van der Waals surface area (Å²) in [5.74, 6) is -13.1. The summed E-state index contributed by atoms with van der Waals surface area (Å²) in [6, 6.07) is 0. The maximum Gasteiger partial charge on any atom is 0.508 e. The Morgan fingerprint density at radius 3 is 1.64 bits per heavy atom. The number of ether oxygens (including phenoxy) is 3. The number of hydrogen-bond acceptors (Lipinski definition) is 4. The zero-order valence-electron chi connectivity index (χ0n) is 11.9. The average Bonchev–Trinajstić information content (AvgIpc) is 2.39. The van der Waals surface area contributed by atoms with Crippen LogP contribution in [0.25, 0.3) is 0 Å². The molecule has 0 aromatic rings. The summed E-state index contributed by atoms with van der Waals surface area (Å²) in [4.78, 5) is 10.7. The molecule has 0 saturated heterocycles. The van der Waals surface area contributed by atoms with Gasteiger partial charge >= 0.3 is 36.4 Å². The molecule has 0 saturated carbocycles. The SMILES string of the molecule is CCCOC(=O)OCC(F)(OC(F)(F)C(F)(F)C(F)(F)F)C(F)(F)F. The first-order valence-electron chi connectivity index (χ1n) is 5.99. The van der Waals surface area contributed by atoms with E-state index in [0.29, 0.717) is 0 Å². The second-order valence-electron chi connectivity index (χ2n) is 4.30. The molecule has 1 unspecified atom stereocenters. The van der Waals surface area contributed by atoms with Crippen molar-refractivity contribution in [3.63, 3.8) is 0 Å². The van der Waals surface area contributed by atoms with Crippen LogP contribution in [0, 0.1) is 0 Å². The molecule has 4 nitrogen and oxygen atoms in total. The third kappa shape index (κ3) is 5.47. The maximum atomic E-state index is 13.5. The first kappa shape index (κ1) is 23.5. The number of alkyl halides is 11. The molecule has 0 aliphatic heterocycles. The lowest BCUT2D eigenvalue weighted by Crippen LogP contribution is -2.60. The smallest absolute Gasteiger partial charge is 0.434 e. The molecule has 0 aromatic heterocycles. The summed E-state index contributed by atoms with van der Waals surface area (Å²) >= 11 is 0. The van der Waals surface area contributed by atoms with Gasteiger partial charge in [0.25, 0.3) is 0 Å². The number of hydrogen-bond donors (Lipinski definition) is 0. The Hall–Kier alpha value is -1.54. The molecule has 1 atom stereocenters. The molecule has 15 heteroatoms. The van der Waals surface area contributed by atoms with E-state index >= 15 is 0 Å². The van der Waals surface area contributed by atoms with Crippen molar-refractivity contribution in [2.75, 3.05) is 13.2 Å². The van der Waals surface area contributed by atoms with Crippen LogP contribution in [-0.2, 0) is 14.2 Å². The van der Waals surface area contributed by atoms with E-state index in [1.807, 2.05) is 0 Å². The third-order valence-electron chi connectivity index (χ3n) is 2.23. The van der Waals surface area contributed by atoms with Crippen LogP contribution < -0.4 is 0 Å². The highest BCUT2D eigenvalue weighted by Gasteiger charge is 2.78. The van der Waals surface area contributed by atoms with Crippen LogP contribution >= 0.6 is 0 Å². The highest BCUT2D eigenvalue weighted by Crippen LogP contribution is 2.50.